The predicted octanol–water partition coefficient (Wildman–Crippen LogP) is 4.30. The van der Waals surface area contributed by atoms with E-state index in [1.54, 1.807) is 6.08 Å². The molecule has 1 aromatic heterocycles. The molecule has 0 saturated heterocycles. The first-order chi connectivity index (χ1) is 13.3. The number of benzene rings is 2. The number of rotatable bonds is 6. The second-order valence-corrected chi connectivity index (χ2v) is 7.26. The standard InChI is InChI=1S/C21H17ClN4O/c1-2-9-27-14-7-8-15-16(10-14)17(11-18-23-25-26-24-18)21-19(20(15)21)12-3-5-13(22)6-4-12/h2-8,10,17,21H,1,9,11H2,(H,23,24,25,26). The van der Waals surface area contributed by atoms with Crippen molar-refractivity contribution in [1.82, 2.24) is 20.6 Å². The number of tetrazole rings is 1. The third kappa shape index (κ3) is 2.75. The van der Waals surface area contributed by atoms with Crippen molar-refractivity contribution in [1.29, 1.82) is 0 Å². The molecule has 0 aliphatic heterocycles. The van der Waals surface area contributed by atoms with Crippen LogP contribution in [0.1, 0.15) is 28.4 Å². The van der Waals surface area contributed by atoms with Gasteiger partial charge >= 0.3 is 0 Å². The maximum Gasteiger partial charge on any atom is 0.149 e. The van der Waals surface area contributed by atoms with E-state index in [2.05, 4.69) is 51.5 Å². The normalized spacial score (nSPS) is 19.6. The highest BCUT2D eigenvalue weighted by Gasteiger charge is 2.51. The van der Waals surface area contributed by atoms with Crippen LogP contribution in [0.3, 0.4) is 0 Å². The Morgan fingerprint density at radius 2 is 2.00 bits per heavy atom. The van der Waals surface area contributed by atoms with Crippen LogP contribution in [0.25, 0.3) is 11.1 Å². The molecule has 5 nitrogen and oxygen atoms in total. The molecule has 1 heterocycles. The van der Waals surface area contributed by atoms with Crippen LogP contribution in [0.2, 0.25) is 5.02 Å². The minimum absolute atomic E-state index is 0.294. The summed E-state index contributed by atoms with van der Waals surface area (Å²) in [6, 6.07) is 14.4. The number of ether oxygens (including phenoxy) is 1. The van der Waals surface area contributed by atoms with Crippen LogP contribution in [0, 0.1) is 5.92 Å². The number of aromatic nitrogens is 4. The SMILES string of the molecule is C=CCOc1ccc2c(c1)C(Cc1nnn[nH]1)C1C(c3ccc(Cl)cc3)=C21. The lowest BCUT2D eigenvalue weighted by molar-refractivity contribution is 0.362. The maximum absolute atomic E-state index is 6.06. The van der Waals surface area contributed by atoms with Crippen LogP contribution in [0.4, 0.5) is 0 Å². The van der Waals surface area contributed by atoms with E-state index < -0.39 is 0 Å². The van der Waals surface area contributed by atoms with Gasteiger partial charge in [-0.25, -0.2) is 5.10 Å². The zero-order valence-electron chi connectivity index (χ0n) is 14.5. The smallest absolute Gasteiger partial charge is 0.149 e. The van der Waals surface area contributed by atoms with Crippen molar-refractivity contribution in [3.05, 3.63) is 82.7 Å². The van der Waals surface area contributed by atoms with Crippen LogP contribution in [0.15, 0.2) is 55.1 Å². The number of H-pyrrole nitrogens is 1. The van der Waals surface area contributed by atoms with Gasteiger partial charge in [0.1, 0.15) is 18.2 Å². The summed E-state index contributed by atoms with van der Waals surface area (Å²) in [5.74, 6) is 2.35. The molecule has 0 amide bonds. The first kappa shape index (κ1) is 16.3. The number of allylic oxidation sites excluding steroid dienone is 2. The lowest BCUT2D eigenvalue weighted by Crippen LogP contribution is -2.07. The lowest BCUT2D eigenvalue weighted by atomic mass is 9.89. The molecule has 0 bridgehead atoms. The first-order valence-electron chi connectivity index (χ1n) is 8.87. The Kier molecular flexibility index (Phi) is 3.83. The Morgan fingerprint density at radius 1 is 1.15 bits per heavy atom. The molecule has 5 rings (SSSR count). The molecule has 2 aliphatic carbocycles. The summed E-state index contributed by atoms with van der Waals surface area (Å²) in [4.78, 5) is 0. The lowest BCUT2D eigenvalue weighted by Gasteiger charge is -2.16. The fourth-order valence-electron chi connectivity index (χ4n) is 4.14. The van der Waals surface area contributed by atoms with E-state index in [4.69, 9.17) is 16.3 Å². The van der Waals surface area contributed by atoms with E-state index in [-0.39, 0.29) is 0 Å². The molecule has 6 heteroatoms. The van der Waals surface area contributed by atoms with E-state index in [9.17, 15) is 0 Å². The largest absolute Gasteiger partial charge is 0.490 e. The summed E-state index contributed by atoms with van der Waals surface area (Å²) < 4.78 is 5.74. The molecule has 0 radical (unpaired) electrons. The fraction of sp³-hybridized carbons (Fsp3) is 0.190. The van der Waals surface area contributed by atoms with Crippen molar-refractivity contribution < 1.29 is 4.74 Å². The molecule has 0 fully saturated rings. The highest BCUT2D eigenvalue weighted by atomic mass is 35.5. The van der Waals surface area contributed by atoms with E-state index in [1.165, 1.54) is 27.8 Å². The molecule has 2 atom stereocenters. The first-order valence-corrected chi connectivity index (χ1v) is 9.24. The van der Waals surface area contributed by atoms with Gasteiger partial charge in [0.2, 0.25) is 0 Å². The molecular formula is C21H17ClN4O. The number of halogens is 1. The van der Waals surface area contributed by atoms with Gasteiger partial charge in [-0.15, -0.1) is 5.10 Å². The molecule has 134 valence electrons. The average Bonchev–Trinajstić information content (AvgIpc) is 3.04. The summed E-state index contributed by atoms with van der Waals surface area (Å²) >= 11 is 6.06. The number of aromatic amines is 1. The van der Waals surface area contributed by atoms with Gasteiger partial charge in [0, 0.05) is 23.3 Å². The topological polar surface area (TPSA) is 63.7 Å². The van der Waals surface area contributed by atoms with Crippen LogP contribution in [-0.2, 0) is 6.42 Å². The number of fused-ring (bicyclic) bond motifs is 3. The highest BCUT2D eigenvalue weighted by molar-refractivity contribution is 6.30. The molecule has 2 aromatic carbocycles. The molecule has 2 aliphatic rings. The number of hydrogen-bond acceptors (Lipinski definition) is 4. The van der Waals surface area contributed by atoms with Gasteiger partial charge in [0.15, 0.2) is 0 Å². The second kappa shape index (κ2) is 6.35. The van der Waals surface area contributed by atoms with E-state index >= 15 is 0 Å². The molecule has 27 heavy (non-hydrogen) atoms. The zero-order chi connectivity index (χ0) is 18.4. The van der Waals surface area contributed by atoms with Gasteiger partial charge in [-0.1, -0.05) is 42.5 Å². The van der Waals surface area contributed by atoms with Crippen LogP contribution >= 0.6 is 11.6 Å². The quantitative estimate of drug-likeness (QED) is 0.651. The Hall–Kier alpha value is -2.92. The van der Waals surface area contributed by atoms with E-state index in [1.807, 2.05) is 18.2 Å². The van der Waals surface area contributed by atoms with Crippen molar-refractivity contribution in [3.63, 3.8) is 0 Å². The van der Waals surface area contributed by atoms with E-state index in [0.29, 0.717) is 18.4 Å². The monoisotopic (exact) mass is 376 g/mol. The van der Waals surface area contributed by atoms with Crippen molar-refractivity contribution >= 4 is 22.7 Å². The molecule has 2 unspecified atom stereocenters. The Bertz CT molecular complexity index is 1040. The third-order valence-corrected chi connectivity index (χ3v) is 5.52. The Balaban J connectivity index is 1.54. The fourth-order valence-corrected chi connectivity index (χ4v) is 4.26. The number of nitrogens with one attached hydrogen (secondary N) is 1. The van der Waals surface area contributed by atoms with Crippen molar-refractivity contribution in [2.45, 2.75) is 12.3 Å². The van der Waals surface area contributed by atoms with Crippen LogP contribution in [-0.4, -0.2) is 27.2 Å². The van der Waals surface area contributed by atoms with Gasteiger partial charge in [0.05, 0.1) is 0 Å². The number of hydrogen-bond donors (Lipinski definition) is 1. The predicted molar refractivity (Wildman–Crippen MR) is 105 cm³/mol. The summed E-state index contributed by atoms with van der Waals surface area (Å²) in [6.45, 7) is 4.21. The van der Waals surface area contributed by atoms with Gasteiger partial charge in [-0.3, -0.25) is 0 Å². The highest BCUT2D eigenvalue weighted by Crippen LogP contribution is 2.66. The van der Waals surface area contributed by atoms with Gasteiger partial charge in [0.25, 0.3) is 0 Å². The maximum atomic E-state index is 6.06. The van der Waals surface area contributed by atoms with Gasteiger partial charge in [-0.05, 0) is 62.5 Å². The molecule has 1 N–H and O–H groups in total. The summed E-state index contributed by atoms with van der Waals surface area (Å²) in [6.07, 6.45) is 2.51. The zero-order valence-corrected chi connectivity index (χ0v) is 15.3. The van der Waals surface area contributed by atoms with E-state index in [0.717, 1.165) is 23.0 Å². The molecule has 3 aromatic rings. The van der Waals surface area contributed by atoms with Crippen LogP contribution in [0.5, 0.6) is 5.75 Å². The molecule has 0 spiro atoms. The second-order valence-electron chi connectivity index (χ2n) is 6.82. The summed E-state index contributed by atoms with van der Waals surface area (Å²) in [7, 11) is 0. The summed E-state index contributed by atoms with van der Waals surface area (Å²) in [5, 5.41) is 15.2. The van der Waals surface area contributed by atoms with Gasteiger partial charge < -0.3 is 4.74 Å². The molecular weight excluding hydrogens is 360 g/mol. The molecule has 0 saturated carbocycles. The van der Waals surface area contributed by atoms with Crippen molar-refractivity contribution in [2.75, 3.05) is 6.61 Å². The van der Waals surface area contributed by atoms with Crippen molar-refractivity contribution in [2.24, 2.45) is 5.92 Å². The number of nitrogens with zero attached hydrogens (tertiary/aromatic N) is 3. The van der Waals surface area contributed by atoms with Crippen molar-refractivity contribution in [3.8, 4) is 5.75 Å². The average molecular weight is 377 g/mol. The third-order valence-electron chi connectivity index (χ3n) is 5.27. The summed E-state index contributed by atoms with van der Waals surface area (Å²) in [5.41, 5.74) is 6.65. The minimum atomic E-state index is 0.294. The Labute approximate surface area is 161 Å². The van der Waals surface area contributed by atoms with Crippen LogP contribution < -0.4 is 4.74 Å². The Morgan fingerprint density at radius 3 is 2.74 bits per heavy atom. The van der Waals surface area contributed by atoms with Gasteiger partial charge in [-0.2, -0.15) is 0 Å². The minimum Gasteiger partial charge on any atom is -0.490 e.